The molecule has 0 radical (unpaired) electrons. The van der Waals surface area contributed by atoms with E-state index in [1.807, 2.05) is 0 Å². The number of rotatable bonds is 3. The first-order valence-electron chi connectivity index (χ1n) is 6.25. The Balaban J connectivity index is 2.31. The molecule has 0 atom stereocenters. The number of amides is 1. The minimum atomic E-state index is -4.71. The van der Waals surface area contributed by atoms with Gasteiger partial charge in [-0.05, 0) is 0 Å². The highest BCUT2D eigenvalue weighted by Crippen LogP contribution is 2.36. The molecule has 23 heavy (non-hydrogen) atoms. The summed E-state index contributed by atoms with van der Waals surface area (Å²) in [7, 11) is 4.11. The average Bonchev–Trinajstić information content (AvgIpc) is 2.90. The molecule has 0 unspecified atom stereocenters. The topological polar surface area (TPSA) is 56.0 Å². The first kappa shape index (κ1) is 17.6. The SMILES string of the molecule is CN(Cc1c(Cl)cnn1C)C(=O)c1nn(C)c(C(F)(F)F)c1Cl. The predicted octanol–water partition coefficient (Wildman–Crippen LogP) is 2.75. The second-order valence-electron chi connectivity index (χ2n) is 4.86. The van der Waals surface area contributed by atoms with Crippen molar-refractivity contribution in [3.8, 4) is 0 Å². The number of nitrogens with zero attached hydrogens (tertiary/aromatic N) is 5. The Morgan fingerprint density at radius 3 is 2.35 bits per heavy atom. The molecule has 2 rings (SSSR count). The normalized spacial score (nSPS) is 11.8. The summed E-state index contributed by atoms with van der Waals surface area (Å²) in [4.78, 5) is 13.5. The van der Waals surface area contributed by atoms with E-state index in [0.717, 1.165) is 11.9 Å². The second-order valence-corrected chi connectivity index (χ2v) is 5.64. The number of hydrogen-bond donors (Lipinski definition) is 0. The van der Waals surface area contributed by atoms with Gasteiger partial charge in [0, 0.05) is 21.1 Å². The standard InChI is InChI=1S/C12H12Cl2F3N5O/c1-20(5-7-6(13)4-18-21(7)2)11(23)9-8(14)10(12(15,16)17)22(3)19-9/h4H,5H2,1-3H3. The number of carbonyl (C=O) groups excluding carboxylic acids is 1. The van der Waals surface area contributed by atoms with E-state index in [9.17, 15) is 18.0 Å². The van der Waals surface area contributed by atoms with Crippen molar-refractivity contribution in [2.45, 2.75) is 12.7 Å². The van der Waals surface area contributed by atoms with Gasteiger partial charge in [-0.15, -0.1) is 0 Å². The van der Waals surface area contributed by atoms with Crippen LogP contribution in [0.5, 0.6) is 0 Å². The van der Waals surface area contributed by atoms with Gasteiger partial charge < -0.3 is 4.90 Å². The minimum Gasteiger partial charge on any atom is -0.334 e. The summed E-state index contributed by atoms with van der Waals surface area (Å²) in [6.45, 7) is 0.0441. The van der Waals surface area contributed by atoms with Crippen molar-refractivity contribution >= 4 is 29.1 Å². The molecule has 2 heterocycles. The van der Waals surface area contributed by atoms with Gasteiger partial charge in [0.05, 0.1) is 23.5 Å². The van der Waals surface area contributed by atoms with Crippen LogP contribution in [0.3, 0.4) is 0 Å². The Bertz CT molecular complexity index is 733. The van der Waals surface area contributed by atoms with Crippen LogP contribution in [0.4, 0.5) is 13.2 Å². The summed E-state index contributed by atoms with van der Waals surface area (Å²) in [6, 6.07) is 0. The quantitative estimate of drug-likeness (QED) is 0.835. The molecule has 0 aliphatic rings. The molecule has 0 aliphatic carbocycles. The highest BCUT2D eigenvalue weighted by molar-refractivity contribution is 6.34. The zero-order valence-electron chi connectivity index (χ0n) is 12.3. The summed E-state index contributed by atoms with van der Waals surface area (Å²) in [5.41, 5.74) is -1.11. The number of aryl methyl sites for hydroxylation is 2. The molecule has 6 nitrogen and oxygen atoms in total. The van der Waals surface area contributed by atoms with E-state index in [1.54, 1.807) is 7.05 Å². The number of halogens is 5. The van der Waals surface area contributed by atoms with Gasteiger partial charge in [-0.3, -0.25) is 14.2 Å². The van der Waals surface area contributed by atoms with Crippen molar-refractivity contribution in [3.05, 3.63) is 33.3 Å². The van der Waals surface area contributed by atoms with Gasteiger partial charge in [-0.25, -0.2) is 0 Å². The Kier molecular flexibility index (Phi) is 4.63. The third-order valence-electron chi connectivity index (χ3n) is 3.20. The molecule has 0 saturated carbocycles. The fraction of sp³-hybridized carbons (Fsp3) is 0.417. The number of aromatic nitrogens is 4. The molecule has 0 spiro atoms. The van der Waals surface area contributed by atoms with Gasteiger partial charge in [-0.2, -0.15) is 23.4 Å². The van der Waals surface area contributed by atoms with Gasteiger partial charge in [0.25, 0.3) is 5.91 Å². The van der Waals surface area contributed by atoms with E-state index < -0.39 is 28.5 Å². The number of alkyl halides is 3. The molecular weight excluding hydrogens is 358 g/mol. The molecule has 0 aromatic carbocycles. The van der Waals surface area contributed by atoms with Gasteiger partial charge in [-0.1, -0.05) is 23.2 Å². The van der Waals surface area contributed by atoms with Gasteiger partial charge >= 0.3 is 6.18 Å². The van der Waals surface area contributed by atoms with Crippen LogP contribution < -0.4 is 0 Å². The van der Waals surface area contributed by atoms with Crippen molar-refractivity contribution in [3.63, 3.8) is 0 Å². The summed E-state index contributed by atoms with van der Waals surface area (Å²) in [5, 5.41) is 7.13. The van der Waals surface area contributed by atoms with Crippen LogP contribution in [0.15, 0.2) is 6.20 Å². The van der Waals surface area contributed by atoms with Crippen LogP contribution in [0.1, 0.15) is 21.9 Å². The van der Waals surface area contributed by atoms with Crippen molar-refractivity contribution in [1.29, 1.82) is 0 Å². The van der Waals surface area contributed by atoms with Gasteiger partial charge in [0.15, 0.2) is 11.4 Å². The molecular formula is C12H12Cl2F3N5O. The van der Waals surface area contributed by atoms with Crippen LogP contribution in [-0.4, -0.2) is 37.4 Å². The largest absolute Gasteiger partial charge is 0.434 e. The highest BCUT2D eigenvalue weighted by atomic mass is 35.5. The molecule has 1 amide bonds. The first-order chi connectivity index (χ1) is 10.5. The molecule has 2 aromatic heterocycles. The molecule has 0 bridgehead atoms. The average molecular weight is 370 g/mol. The summed E-state index contributed by atoms with van der Waals surface area (Å²) in [5.74, 6) is -0.752. The molecule has 0 fully saturated rings. The fourth-order valence-electron chi connectivity index (χ4n) is 2.03. The number of carbonyl (C=O) groups is 1. The van der Waals surface area contributed by atoms with Crippen molar-refractivity contribution in [2.24, 2.45) is 14.1 Å². The summed E-state index contributed by atoms with van der Waals surface area (Å²) >= 11 is 11.6. The maximum atomic E-state index is 12.9. The molecule has 2 aromatic rings. The highest BCUT2D eigenvalue weighted by Gasteiger charge is 2.40. The monoisotopic (exact) mass is 369 g/mol. The van der Waals surface area contributed by atoms with Crippen LogP contribution in [0, 0.1) is 0 Å². The molecule has 0 saturated heterocycles. The predicted molar refractivity (Wildman–Crippen MR) is 77.2 cm³/mol. The molecule has 0 N–H and O–H groups in total. The molecule has 0 aliphatic heterocycles. The van der Waals surface area contributed by atoms with Crippen LogP contribution >= 0.6 is 23.2 Å². The summed E-state index contributed by atoms with van der Waals surface area (Å²) < 4.78 is 40.7. The zero-order valence-corrected chi connectivity index (χ0v) is 13.8. The van der Waals surface area contributed by atoms with Crippen LogP contribution in [-0.2, 0) is 26.8 Å². The lowest BCUT2D eigenvalue weighted by atomic mass is 10.3. The third-order valence-corrected chi connectivity index (χ3v) is 3.88. The Morgan fingerprint density at radius 2 is 1.91 bits per heavy atom. The Morgan fingerprint density at radius 1 is 1.30 bits per heavy atom. The minimum absolute atomic E-state index is 0.0441. The van der Waals surface area contributed by atoms with Gasteiger partial charge in [0.1, 0.15) is 5.02 Å². The Labute approximate surface area is 139 Å². The van der Waals surface area contributed by atoms with Crippen LogP contribution in [0.2, 0.25) is 10.0 Å². The lowest BCUT2D eigenvalue weighted by Gasteiger charge is -2.16. The molecule has 11 heteroatoms. The first-order valence-corrected chi connectivity index (χ1v) is 7.01. The summed E-state index contributed by atoms with van der Waals surface area (Å²) in [6.07, 6.45) is -3.30. The van der Waals surface area contributed by atoms with Crippen molar-refractivity contribution < 1.29 is 18.0 Å². The second kappa shape index (κ2) is 6.04. The smallest absolute Gasteiger partial charge is 0.334 e. The maximum Gasteiger partial charge on any atom is 0.434 e. The van der Waals surface area contributed by atoms with E-state index in [0.29, 0.717) is 15.4 Å². The third kappa shape index (κ3) is 3.30. The Hall–Kier alpha value is -1.74. The number of hydrogen-bond acceptors (Lipinski definition) is 3. The van der Waals surface area contributed by atoms with Gasteiger partial charge in [0.2, 0.25) is 0 Å². The van der Waals surface area contributed by atoms with Crippen molar-refractivity contribution in [1.82, 2.24) is 24.5 Å². The fourth-order valence-corrected chi connectivity index (χ4v) is 2.61. The van der Waals surface area contributed by atoms with E-state index in [4.69, 9.17) is 23.2 Å². The lowest BCUT2D eigenvalue weighted by molar-refractivity contribution is -0.143. The van der Waals surface area contributed by atoms with E-state index in [-0.39, 0.29) is 6.54 Å². The van der Waals surface area contributed by atoms with Crippen molar-refractivity contribution in [2.75, 3.05) is 7.05 Å². The molecule has 126 valence electrons. The van der Waals surface area contributed by atoms with E-state index >= 15 is 0 Å². The lowest BCUT2D eigenvalue weighted by Crippen LogP contribution is -2.28. The van der Waals surface area contributed by atoms with E-state index in [1.165, 1.54) is 17.9 Å². The zero-order chi connectivity index (χ0) is 17.5. The van der Waals surface area contributed by atoms with Crippen LogP contribution in [0.25, 0.3) is 0 Å². The maximum absolute atomic E-state index is 12.9. The van der Waals surface area contributed by atoms with E-state index in [2.05, 4.69) is 10.2 Å².